The van der Waals surface area contributed by atoms with E-state index in [1.54, 1.807) is 6.08 Å². The normalized spacial score (nSPS) is 10.7. The van der Waals surface area contributed by atoms with E-state index < -0.39 is 0 Å². The third kappa shape index (κ3) is 8.90. The molecular formula is C29H40O3. The van der Waals surface area contributed by atoms with E-state index in [1.165, 1.54) is 44.9 Å². The minimum Gasteiger partial charge on any atom is -0.494 e. The number of benzene rings is 2. The van der Waals surface area contributed by atoms with Gasteiger partial charge >= 0.3 is 5.97 Å². The third-order valence-electron chi connectivity index (χ3n) is 5.67. The molecule has 0 radical (unpaired) electrons. The van der Waals surface area contributed by atoms with Gasteiger partial charge in [-0.25, -0.2) is 4.79 Å². The number of esters is 1. The highest BCUT2D eigenvalue weighted by Gasteiger charge is 2.11. The van der Waals surface area contributed by atoms with Crippen LogP contribution in [0.2, 0.25) is 0 Å². The molecule has 0 heterocycles. The highest BCUT2D eigenvalue weighted by atomic mass is 16.5. The molecule has 2 aromatic carbocycles. The highest BCUT2D eigenvalue weighted by molar-refractivity contribution is 5.92. The minimum absolute atomic E-state index is 0.269. The van der Waals surface area contributed by atoms with Crippen LogP contribution < -0.4 is 4.74 Å². The summed E-state index contributed by atoms with van der Waals surface area (Å²) in [6.45, 7) is 9.58. The minimum atomic E-state index is -0.269. The zero-order valence-electron chi connectivity index (χ0n) is 20.0. The van der Waals surface area contributed by atoms with Crippen molar-refractivity contribution in [1.29, 1.82) is 0 Å². The Morgan fingerprint density at radius 3 is 2.12 bits per heavy atom. The standard InChI is InChI=1S/C29H40O3/c1-4-7-9-11-12-14-21-31-27-18-15-25(16-19-27)28-20-17-26(23-24(28)6-3)29(30)32-22-13-10-8-5-2/h6,15-20,23H,3-5,7-14,21-22H2,1-2H3. The molecule has 0 saturated carbocycles. The summed E-state index contributed by atoms with van der Waals surface area (Å²) in [6, 6.07) is 13.8. The first-order valence-corrected chi connectivity index (χ1v) is 12.4. The molecule has 0 atom stereocenters. The summed E-state index contributed by atoms with van der Waals surface area (Å²) in [5.74, 6) is 0.625. The Bertz CT molecular complexity index is 808. The first-order chi connectivity index (χ1) is 15.7. The Morgan fingerprint density at radius 1 is 0.812 bits per heavy atom. The predicted molar refractivity (Wildman–Crippen MR) is 135 cm³/mol. The summed E-state index contributed by atoms with van der Waals surface area (Å²) >= 11 is 0. The van der Waals surface area contributed by atoms with Crippen LogP contribution in [0.25, 0.3) is 17.2 Å². The van der Waals surface area contributed by atoms with Crippen molar-refractivity contribution >= 4 is 12.0 Å². The number of carbonyl (C=O) groups is 1. The lowest BCUT2D eigenvalue weighted by Gasteiger charge is -2.11. The topological polar surface area (TPSA) is 35.5 Å². The zero-order valence-corrected chi connectivity index (χ0v) is 20.0. The average molecular weight is 437 g/mol. The van der Waals surface area contributed by atoms with E-state index in [0.29, 0.717) is 12.2 Å². The smallest absolute Gasteiger partial charge is 0.338 e. The molecule has 32 heavy (non-hydrogen) atoms. The maximum Gasteiger partial charge on any atom is 0.338 e. The van der Waals surface area contributed by atoms with Crippen LogP contribution in [0.1, 0.15) is 94.0 Å². The van der Waals surface area contributed by atoms with Crippen LogP contribution >= 0.6 is 0 Å². The van der Waals surface area contributed by atoms with Crippen LogP contribution in [0.4, 0.5) is 0 Å². The SMILES string of the molecule is C=Cc1cc(C(=O)OCCCCCC)ccc1-c1ccc(OCCCCCCCC)cc1. The Kier molecular flexibility index (Phi) is 12.3. The molecule has 0 aliphatic rings. The second-order valence-electron chi connectivity index (χ2n) is 8.34. The van der Waals surface area contributed by atoms with Crippen molar-refractivity contribution in [1.82, 2.24) is 0 Å². The Labute approximate surface area is 194 Å². The molecule has 0 aliphatic heterocycles. The average Bonchev–Trinajstić information content (AvgIpc) is 2.83. The quantitative estimate of drug-likeness (QED) is 0.195. The fraction of sp³-hybridized carbons (Fsp3) is 0.483. The largest absolute Gasteiger partial charge is 0.494 e. The first-order valence-electron chi connectivity index (χ1n) is 12.4. The fourth-order valence-electron chi connectivity index (χ4n) is 3.70. The molecule has 0 fully saturated rings. The van der Waals surface area contributed by atoms with Crippen molar-refractivity contribution < 1.29 is 14.3 Å². The second kappa shape index (κ2) is 15.3. The maximum absolute atomic E-state index is 12.4. The number of ether oxygens (including phenoxy) is 2. The van der Waals surface area contributed by atoms with Crippen molar-refractivity contribution in [3.8, 4) is 16.9 Å². The van der Waals surface area contributed by atoms with Gasteiger partial charge in [-0.05, 0) is 53.8 Å². The molecule has 0 saturated heterocycles. The molecule has 3 heteroatoms. The maximum atomic E-state index is 12.4. The van der Waals surface area contributed by atoms with E-state index in [4.69, 9.17) is 9.47 Å². The summed E-state index contributed by atoms with van der Waals surface area (Å²) < 4.78 is 11.3. The van der Waals surface area contributed by atoms with Crippen LogP contribution in [0, 0.1) is 0 Å². The highest BCUT2D eigenvalue weighted by Crippen LogP contribution is 2.28. The predicted octanol–water partition coefficient (Wildman–Crippen LogP) is 8.47. The number of unbranched alkanes of at least 4 members (excludes halogenated alkanes) is 8. The van der Waals surface area contributed by atoms with E-state index in [1.807, 2.05) is 30.3 Å². The van der Waals surface area contributed by atoms with Crippen LogP contribution in [-0.4, -0.2) is 19.2 Å². The van der Waals surface area contributed by atoms with Crippen molar-refractivity contribution in [3.05, 3.63) is 60.2 Å². The summed E-state index contributed by atoms with van der Waals surface area (Å²) in [4.78, 5) is 12.4. The van der Waals surface area contributed by atoms with Crippen molar-refractivity contribution in [2.24, 2.45) is 0 Å². The molecular weight excluding hydrogens is 396 g/mol. The van der Waals surface area contributed by atoms with E-state index in [-0.39, 0.29) is 5.97 Å². The molecule has 0 spiro atoms. The molecule has 0 aliphatic carbocycles. The Hall–Kier alpha value is -2.55. The molecule has 174 valence electrons. The van der Waals surface area contributed by atoms with Gasteiger partial charge in [0.05, 0.1) is 18.8 Å². The third-order valence-corrected chi connectivity index (χ3v) is 5.67. The molecule has 2 rings (SSSR count). The van der Waals surface area contributed by atoms with Crippen LogP contribution in [0.5, 0.6) is 5.75 Å². The zero-order chi connectivity index (χ0) is 23.0. The Balaban J connectivity index is 1.89. The van der Waals surface area contributed by atoms with Gasteiger partial charge in [0.2, 0.25) is 0 Å². The summed E-state index contributed by atoms with van der Waals surface area (Å²) in [6.07, 6.45) is 13.7. The van der Waals surface area contributed by atoms with Gasteiger partial charge in [0, 0.05) is 0 Å². The number of carbonyl (C=O) groups excluding carboxylic acids is 1. The summed E-state index contributed by atoms with van der Waals surface area (Å²) in [5.41, 5.74) is 3.61. The monoisotopic (exact) mass is 436 g/mol. The Morgan fingerprint density at radius 2 is 1.44 bits per heavy atom. The number of hydrogen-bond donors (Lipinski definition) is 0. The van der Waals surface area contributed by atoms with Gasteiger partial charge in [0.15, 0.2) is 0 Å². The van der Waals surface area contributed by atoms with Crippen LogP contribution in [0.15, 0.2) is 49.0 Å². The van der Waals surface area contributed by atoms with E-state index in [0.717, 1.165) is 48.3 Å². The van der Waals surface area contributed by atoms with E-state index in [2.05, 4.69) is 32.6 Å². The molecule has 0 bridgehead atoms. The van der Waals surface area contributed by atoms with E-state index in [9.17, 15) is 4.79 Å². The van der Waals surface area contributed by atoms with Crippen molar-refractivity contribution in [3.63, 3.8) is 0 Å². The van der Waals surface area contributed by atoms with Gasteiger partial charge < -0.3 is 9.47 Å². The second-order valence-corrected chi connectivity index (χ2v) is 8.34. The lowest BCUT2D eigenvalue weighted by Crippen LogP contribution is -2.07. The summed E-state index contributed by atoms with van der Waals surface area (Å²) in [5, 5.41) is 0. The van der Waals surface area contributed by atoms with Gasteiger partial charge in [-0.3, -0.25) is 0 Å². The van der Waals surface area contributed by atoms with E-state index >= 15 is 0 Å². The molecule has 0 unspecified atom stereocenters. The summed E-state index contributed by atoms with van der Waals surface area (Å²) in [7, 11) is 0. The molecule has 0 amide bonds. The molecule has 2 aromatic rings. The van der Waals surface area contributed by atoms with Crippen LogP contribution in [0.3, 0.4) is 0 Å². The molecule has 0 N–H and O–H groups in total. The fourth-order valence-corrected chi connectivity index (χ4v) is 3.70. The number of rotatable bonds is 16. The lowest BCUT2D eigenvalue weighted by atomic mass is 9.97. The first kappa shape index (κ1) is 25.7. The van der Waals surface area contributed by atoms with Crippen LogP contribution in [-0.2, 0) is 4.74 Å². The number of hydrogen-bond acceptors (Lipinski definition) is 3. The van der Waals surface area contributed by atoms with Gasteiger partial charge in [-0.15, -0.1) is 0 Å². The van der Waals surface area contributed by atoms with Gasteiger partial charge in [-0.1, -0.05) is 96.1 Å². The van der Waals surface area contributed by atoms with Gasteiger partial charge in [0.25, 0.3) is 0 Å². The molecule has 3 nitrogen and oxygen atoms in total. The van der Waals surface area contributed by atoms with Crippen molar-refractivity contribution in [2.45, 2.75) is 78.1 Å². The molecule has 0 aromatic heterocycles. The van der Waals surface area contributed by atoms with Crippen molar-refractivity contribution in [2.75, 3.05) is 13.2 Å². The lowest BCUT2D eigenvalue weighted by molar-refractivity contribution is 0.0498. The van der Waals surface area contributed by atoms with Gasteiger partial charge in [0.1, 0.15) is 5.75 Å². The van der Waals surface area contributed by atoms with Gasteiger partial charge in [-0.2, -0.15) is 0 Å².